The summed E-state index contributed by atoms with van der Waals surface area (Å²) in [7, 11) is 0. The Labute approximate surface area is 237 Å². The molecule has 1 saturated heterocycles. The molecule has 0 radical (unpaired) electrons. The number of nitrogens with zero attached hydrogens (tertiary/aromatic N) is 1. The molecule has 3 N–H and O–H groups in total. The molecule has 1 fully saturated rings. The second-order valence-corrected chi connectivity index (χ2v) is 9.95. The molecule has 10 heteroatoms. The van der Waals surface area contributed by atoms with Crippen LogP contribution in [0.25, 0.3) is 0 Å². The van der Waals surface area contributed by atoms with Crippen LogP contribution in [0.15, 0.2) is 42.5 Å². The number of amides is 1. The minimum Gasteiger partial charge on any atom is -0.494 e. The van der Waals surface area contributed by atoms with E-state index in [1.54, 1.807) is 23.1 Å². The van der Waals surface area contributed by atoms with Crippen molar-refractivity contribution in [2.75, 3.05) is 19.8 Å². The van der Waals surface area contributed by atoms with Gasteiger partial charge in [-0.1, -0.05) is 12.1 Å². The average Bonchev–Trinajstić information content (AvgIpc) is 3.71. The van der Waals surface area contributed by atoms with Crippen LogP contribution in [-0.4, -0.2) is 53.8 Å². The summed E-state index contributed by atoms with van der Waals surface area (Å²) in [5.74, 6) is 0.901. The molecular weight excluding hydrogens is 522 g/mol. The number of carboxylic acids is 1. The van der Waals surface area contributed by atoms with Gasteiger partial charge in [0, 0.05) is 24.6 Å². The van der Waals surface area contributed by atoms with Gasteiger partial charge < -0.3 is 24.2 Å². The van der Waals surface area contributed by atoms with Crippen molar-refractivity contribution in [3.05, 3.63) is 53.6 Å². The SMILES string of the molecule is CC(C)N(C(=O)c1ccc(OCCCCCOc2ccc(C3NN3)cc2)cc1OCCCC(=O)O)C(C)C.Cl. The number of carbonyl (C=O) groups is 2. The van der Waals surface area contributed by atoms with Gasteiger partial charge in [-0.15, -0.1) is 12.4 Å². The van der Waals surface area contributed by atoms with E-state index in [4.69, 9.17) is 19.3 Å². The number of hydrogen-bond acceptors (Lipinski definition) is 7. The Kier molecular flexibility index (Phi) is 13.4. The maximum Gasteiger partial charge on any atom is 0.303 e. The maximum absolute atomic E-state index is 13.3. The van der Waals surface area contributed by atoms with Crippen LogP contribution < -0.4 is 25.1 Å². The summed E-state index contributed by atoms with van der Waals surface area (Å²) < 4.78 is 17.6. The lowest BCUT2D eigenvalue weighted by Crippen LogP contribution is -2.42. The summed E-state index contributed by atoms with van der Waals surface area (Å²) in [5.41, 5.74) is 7.73. The number of benzene rings is 2. The first-order valence-corrected chi connectivity index (χ1v) is 13.4. The van der Waals surface area contributed by atoms with Crippen molar-refractivity contribution in [1.82, 2.24) is 15.8 Å². The van der Waals surface area contributed by atoms with E-state index in [1.165, 1.54) is 5.56 Å². The van der Waals surface area contributed by atoms with Crippen molar-refractivity contribution in [3.8, 4) is 17.2 Å². The molecule has 1 aliphatic rings. The van der Waals surface area contributed by atoms with Gasteiger partial charge in [0.1, 0.15) is 23.4 Å². The zero-order valence-corrected chi connectivity index (χ0v) is 24.1. The second kappa shape index (κ2) is 16.2. The fourth-order valence-electron chi connectivity index (χ4n) is 4.22. The second-order valence-electron chi connectivity index (χ2n) is 9.95. The van der Waals surface area contributed by atoms with Crippen LogP contribution in [0.2, 0.25) is 0 Å². The summed E-state index contributed by atoms with van der Waals surface area (Å²) in [5, 5.41) is 8.91. The van der Waals surface area contributed by atoms with Gasteiger partial charge in [-0.25, -0.2) is 10.9 Å². The average molecular weight is 564 g/mol. The molecule has 1 aliphatic heterocycles. The van der Waals surface area contributed by atoms with Gasteiger partial charge in [-0.2, -0.15) is 0 Å². The fraction of sp³-hybridized carbons (Fsp3) is 0.517. The highest BCUT2D eigenvalue weighted by molar-refractivity contribution is 5.97. The van der Waals surface area contributed by atoms with Crippen molar-refractivity contribution in [2.45, 2.75) is 78.0 Å². The van der Waals surface area contributed by atoms with Crippen LogP contribution in [0.3, 0.4) is 0 Å². The number of nitrogens with one attached hydrogen (secondary N) is 2. The highest BCUT2D eigenvalue weighted by atomic mass is 35.5. The zero-order chi connectivity index (χ0) is 27.5. The lowest BCUT2D eigenvalue weighted by molar-refractivity contribution is -0.137. The minimum absolute atomic E-state index is 0. The topological polar surface area (TPSA) is 129 Å². The smallest absolute Gasteiger partial charge is 0.303 e. The number of hydrogen-bond donors (Lipinski definition) is 3. The molecule has 0 aromatic heterocycles. The molecule has 0 saturated carbocycles. The number of rotatable bonds is 17. The first-order valence-electron chi connectivity index (χ1n) is 13.4. The van der Waals surface area contributed by atoms with Crippen LogP contribution in [0.5, 0.6) is 17.2 Å². The zero-order valence-electron chi connectivity index (χ0n) is 23.3. The van der Waals surface area contributed by atoms with Crippen molar-refractivity contribution in [2.24, 2.45) is 0 Å². The lowest BCUT2D eigenvalue weighted by Gasteiger charge is -2.31. The summed E-state index contributed by atoms with van der Waals surface area (Å²) >= 11 is 0. The van der Waals surface area contributed by atoms with E-state index in [1.807, 2.05) is 52.0 Å². The molecule has 0 unspecified atom stereocenters. The summed E-state index contributed by atoms with van der Waals surface area (Å²) in [6.45, 7) is 9.30. The molecule has 0 bridgehead atoms. The molecule has 2 aromatic rings. The molecule has 0 spiro atoms. The quantitative estimate of drug-likeness (QED) is 0.174. The summed E-state index contributed by atoms with van der Waals surface area (Å²) in [6.07, 6.45) is 3.37. The predicted molar refractivity (Wildman–Crippen MR) is 153 cm³/mol. The van der Waals surface area contributed by atoms with Gasteiger partial charge in [0.05, 0.1) is 25.4 Å². The number of aliphatic carboxylic acids is 1. The van der Waals surface area contributed by atoms with Crippen LogP contribution >= 0.6 is 12.4 Å². The van der Waals surface area contributed by atoms with Crippen molar-refractivity contribution in [3.63, 3.8) is 0 Å². The molecule has 216 valence electrons. The van der Waals surface area contributed by atoms with E-state index in [-0.39, 0.29) is 49.6 Å². The van der Waals surface area contributed by atoms with Gasteiger partial charge in [0.25, 0.3) is 5.91 Å². The van der Waals surface area contributed by atoms with Crippen molar-refractivity contribution < 1.29 is 28.9 Å². The van der Waals surface area contributed by atoms with E-state index >= 15 is 0 Å². The number of ether oxygens (including phenoxy) is 3. The number of halogens is 1. The maximum atomic E-state index is 13.3. The van der Waals surface area contributed by atoms with Crippen LogP contribution in [-0.2, 0) is 4.79 Å². The molecule has 0 atom stereocenters. The largest absolute Gasteiger partial charge is 0.494 e. The third-order valence-corrected chi connectivity index (χ3v) is 6.15. The summed E-state index contributed by atoms with van der Waals surface area (Å²) in [6, 6.07) is 13.4. The normalized spacial score (nSPS) is 12.7. The molecule has 39 heavy (non-hydrogen) atoms. The van der Waals surface area contributed by atoms with Crippen LogP contribution in [0.1, 0.15) is 81.9 Å². The Morgan fingerprint density at radius 3 is 1.95 bits per heavy atom. The number of unbranched alkanes of at least 4 members (excludes halogenated alkanes) is 2. The predicted octanol–water partition coefficient (Wildman–Crippen LogP) is 5.35. The Bertz CT molecular complexity index is 1040. The Morgan fingerprint density at radius 1 is 0.821 bits per heavy atom. The first kappa shape index (κ1) is 32.2. The highest BCUT2D eigenvalue weighted by Gasteiger charge is 2.25. The molecule has 1 heterocycles. The number of carbonyl (C=O) groups excluding carboxylic acids is 1. The van der Waals surface area contributed by atoms with E-state index < -0.39 is 5.97 Å². The van der Waals surface area contributed by atoms with E-state index in [2.05, 4.69) is 10.9 Å². The molecule has 2 aromatic carbocycles. The van der Waals surface area contributed by atoms with Gasteiger partial charge >= 0.3 is 5.97 Å². The lowest BCUT2D eigenvalue weighted by atomic mass is 10.1. The van der Waals surface area contributed by atoms with Gasteiger partial charge in [0.15, 0.2) is 0 Å². The van der Waals surface area contributed by atoms with Gasteiger partial charge in [0.2, 0.25) is 0 Å². The van der Waals surface area contributed by atoms with E-state index in [0.717, 1.165) is 25.0 Å². The number of hydrazine groups is 1. The Hall–Kier alpha value is -3.01. The molecule has 9 nitrogen and oxygen atoms in total. The third-order valence-electron chi connectivity index (χ3n) is 6.15. The molecular formula is C29H42ClN3O6. The van der Waals surface area contributed by atoms with Crippen LogP contribution in [0, 0.1) is 0 Å². The minimum atomic E-state index is -0.875. The standard InChI is InChI=1S/C29H41N3O6.ClH/c1-20(2)32(21(3)4)29(35)25-15-14-24(19-26(25)38-18-8-9-27(33)34)37-17-7-5-6-16-36-23-12-10-22(11-13-23)28-30-31-28;/h10-15,19-21,28,30-31H,5-9,16-18H2,1-4H3,(H,33,34);1H. The Balaban J connectivity index is 0.00000533. The monoisotopic (exact) mass is 563 g/mol. The molecule has 1 amide bonds. The molecule has 0 aliphatic carbocycles. The fourth-order valence-corrected chi connectivity index (χ4v) is 4.22. The first-order chi connectivity index (χ1) is 18.3. The van der Waals surface area contributed by atoms with E-state index in [0.29, 0.717) is 36.7 Å². The number of carboxylic acid groups (broad SMARTS) is 1. The van der Waals surface area contributed by atoms with Crippen molar-refractivity contribution in [1.29, 1.82) is 0 Å². The molecule has 3 rings (SSSR count). The van der Waals surface area contributed by atoms with E-state index in [9.17, 15) is 9.59 Å². The third kappa shape index (κ3) is 10.6. The highest BCUT2D eigenvalue weighted by Crippen LogP contribution is 2.28. The van der Waals surface area contributed by atoms with Crippen molar-refractivity contribution >= 4 is 24.3 Å². The van der Waals surface area contributed by atoms with Gasteiger partial charge in [-0.3, -0.25) is 9.59 Å². The van der Waals surface area contributed by atoms with Crippen LogP contribution in [0.4, 0.5) is 0 Å². The Morgan fingerprint density at radius 2 is 1.38 bits per heavy atom. The summed E-state index contributed by atoms with van der Waals surface area (Å²) in [4.78, 5) is 26.0. The van der Waals surface area contributed by atoms with Gasteiger partial charge in [-0.05, 0) is 83.2 Å².